The molecule has 0 fully saturated rings. The second-order valence-electron chi connectivity index (χ2n) is 6.85. The lowest BCUT2D eigenvalue weighted by Gasteiger charge is -2.12. The van der Waals surface area contributed by atoms with Crippen molar-refractivity contribution in [2.75, 3.05) is 53.9 Å². The van der Waals surface area contributed by atoms with E-state index in [0.29, 0.717) is 39.6 Å². The Balaban J connectivity index is 1.54. The van der Waals surface area contributed by atoms with E-state index in [9.17, 15) is 0 Å². The van der Waals surface area contributed by atoms with E-state index in [1.165, 1.54) is 0 Å². The van der Waals surface area contributed by atoms with E-state index in [1.807, 2.05) is 48.6 Å². The van der Waals surface area contributed by atoms with Crippen molar-refractivity contribution in [3.8, 4) is 23.0 Å². The molecule has 2 rings (SSSR count). The fraction of sp³-hybridized carbons (Fsp3) is 0.385. The largest absolute Gasteiger partial charge is 0.496 e. The molecule has 0 aliphatic carbocycles. The van der Waals surface area contributed by atoms with E-state index < -0.39 is 0 Å². The molecule has 0 N–H and O–H groups in total. The number of hydrogen-bond acceptors (Lipinski definition) is 6. The average Bonchev–Trinajstić information content (AvgIpc) is 2.82. The number of allylic oxidation sites excluding steroid dienone is 2. The van der Waals surface area contributed by atoms with Crippen LogP contribution in [0.2, 0.25) is 0 Å². The smallest absolute Gasteiger partial charge is 0.126 e. The molecule has 0 aromatic heterocycles. The Labute approximate surface area is 191 Å². The van der Waals surface area contributed by atoms with Gasteiger partial charge in [-0.3, -0.25) is 0 Å². The van der Waals surface area contributed by atoms with Gasteiger partial charge in [0.05, 0.1) is 40.6 Å². The van der Waals surface area contributed by atoms with Crippen molar-refractivity contribution < 1.29 is 28.4 Å². The monoisotopic (exact) mass is 442 g/mol. The first-order valence-electron chi connectivity index (χ1n) is 10.7. The Morgan fingerprint density at radius 2 is 1.03 bits per heavy atom. The molecule has 6 heteroatoms. The highest BCUT2D eigenvalue weighted by atomic mass is 16.6. The van der Waals surface area contributed by atoms with Crippen molar-refractivity contribution in [2.24, 2.45) is 0 Å². The highest BCUT2D eigenvalue weighted by molar-refractivity contribution is 5.42. The van der Waals surface area contributed by atoms with Gasteiger partial charge in [0.2, 0.25) is 0 Å². The van der Waals surface area contributed by atoms with Gasteiger partial charge in [-0.2, -0.15) is 0 Å². The summed E-state index contributed by atoms with van der Waals surface area (Å²) in [7, 11) is 3.30. The Morgan fingerprint density at radius 1 is 0.625 bits per heavy atom. The molecule has 0 unspecified atom stereocenters. The summed E-state index contributed by atoms with van der Waals surface area (Å²) in [5.74, 6) is 3.09. The highest BCUT2D eigenvalue weighted by Crippen LogP contribution is 2.26. The lowest BCUT2D eigenvalue weighted by Crippen LogP contribution is -2.13. The molecule has 0 radical (unpaired) electrons. The predicted molar refractivity (Wildman–Crippen MR) is 126 cm³/mol. The first-order chi connectivity index (χ1) is 15.7. The van der Waals surface area contributed by atoms with Crippen molar-refractivity contribution in [1.29, 1.82) is 0 Å². The fourth-order valence-electron chi connectivity index (χ4n) is 3.04. The van der Waals surface area contributed by atoms with Gasteiger partial charge >= 0.3 is 0 Å². The van der Waals surface area contributed by atoms with E-state index in [0.717, 1.165) is 47.0 Å². The third-order valence-corrected chi connectivity index (χ3v) is 4.61. The zero-order valence-electron chi connectivity index (χ0n) is 19.1. The molecule has 2 aromatic rings. The molecule has 0 spiro atoms. The maximum Gasteiger partial charge on any atom is 0.126 e. The second kappa shape index (κ2) is 14.9. The van der Waals surface area contributed by atoms with Gasteiger partial charge in [0.25, 0.3) is 0 Å². The standard InChI is InChI=1S/C26H34O6/c1-5-7-21-9-11-23(19-25(21)27-3)31-17-15-29-13-14-30-16-18-32-24-12-10-22(8-6-2)26(20-24)28-4/h5-6,9-12,19-20H,1-2,7-8,13-18H2,3-4H3. The summed E-state index contributed by atoms with van der Waals surface area (Å²) in [5, 5.41) is 0. The van der Waals surface area contributed by atoms with Crippen LogP contribution in [0.1, 0.15) is 11.1 Å². The number of rotatable bonds is 17. The summed E-state index contributed by atoms with van der Waals surface area (Å²) < 4.78 is 33.3. The number of hydrogen-bond donors (Lipinski definition) is 0. The minimum atomic E-state index is 0.455. The minimum Gasteiger partial charge on any atom is -0.496 e. The number of benzene rings is 2. The topological polar surface area (TPSA) is 55.4 Å². The molecule has 0 aliphatic rings. The van der Waals surface area contributed by atoms with E-state index in [1.54, 1.807) is 14.2 Å². The summed E-state index contributed by atoms with van der Waals surface area (Å²) in [6, 6.07) is 11.6. The van der Waals surface area contributed by atoms with Crippen LogP contribution in [-0.2, 0) is 22.3 Å². The van der Waals surface area contributed by atoms with Crippen LogP contribution < -0.4 is 18.9 Å². The average molecular weight is 443 g/mol. The number of ether oxygens (including phenoxy) is 6. The second-order valence-corrected chi connectivity index (χ2v) is 6.85. The Bertz CT molecular complexity index is 764. The van der Waals surface area contributed by atoms with Crippen LogP contribution in [0.25, 0.3) is 0 Å². The molecule has 32 heavy (non-hydrogen) atoms. The minimum absolute atomic E-state index is 0.455. The molecule has 6 nitrogen and oxygen atoms in total. The molecule has 0 saturated carbocycles. The molecule has 2 aromatic carbocycles. The summed E-state index contributed by atoms with van der Waals surface area (Å²) in [6.07, 6.45) is 5.21. The van der Waals surface area contributed by atoms with Gasteiger partial charge in [0.15, 0.2) is 0 Å². The van der Waals surface area contributed by atoms with Crippen LogP contribution in [0.4, 0.5) is 0 Å². The summed E-state index contributed by atoms with van der Waals surface area (Å²) in [4.78, 5) is 0. The first-order valence-corrected chi connectivity index (χ1v) is 10.7. The van der Waals surface area contributed by atoms with Crippen LogP contribution >= 0.6 is 0 Å². The van der Waals surface area contributed by atoms with Crippen molar-refractivity contribution in [1.82, 2.24) is 0 Å². The molecule has 0 aliphatic heterocycles. The molecule has 0 atom stereocenters. The molecular formula is C26H34O6. The van der Waals surface area contributed by atoms with Crippen molar-refractivity contribution in [3.05, 3.63) is 72.8 Å². The van der Waals surface area contributed by atoms with Crippen LogP contribution in [0.15, 0.2) is 61.7 Å². The van der Waals surface area contributed by atoms with E-state index in [4.69, 9.17) is 28.4 Å². The van der Waals surface area contributed by atoms with Crippen LogP contribution in [-0.4, -0.2) is 53.9 Å². The zero-order chi connectivity index (χ0) is 23.0. The van der Waals surface area contributed by atoms with Gasteiger partial charge in [0, 0.05) is 12.1 Å². The maximum absolute atomic E-state index is 5.71. The van der Waals surface area contributed by atoms with E-state index >= 15 is 0 Å². The van der Waals surface area contributed by atoms with Gasteiger partial charge in [-0.05, 0) is 36.1 Å². The quantitative estimate of drug-likeness (QED) is 0.263. The van der Waals surface area contributed by atoms with Gasteiger partial charge in [-0.15, -0.1) is 13.2 Å². The number of methoxy groups -OCH3 is 2. The first kappa shape index (κ1) is 25.3. The normalized spacial score (nSPS) is 10.4. The lowest BCUT2D eigenvalue weighted by atomic mass is 10.1. The van der Waals surface area contributed by atoms with Gasteiger partial charge < -0.3 is 28.4 Å². The predicted octanol–water partition coefficient (Wildman–Crippen LogP) is 4.65. The molecule has 174 valence electrons. The van der Waals surface area contributed by atoms with Crippen LogP contribution in [0, 0.1) is 0 Å². The van der Waals surface area contributed by atoms with Crippen molar-refractivity contribution >= 4 is 0 Å². The molecule has 0 saturated heterocycles. The summed E-state index contributed by atoms with van der Waals surface area (Å²) in [6.45, 7) is 10.4. The van der Waals surface area contributed by atoms with Crippen LogP contribution in [0.5, 0.6) is 23.0 Å². The van der Waals surface area contributed by atoms with E-state index in [2.05, 4.69) is 13.2 Å². The SMILES string of the molecule is C=CCc1ccc(OCCOCCOCCOc2ccc(CC=C)c(OC)c2)cc1OC. The summed E-state index contributed by atoms with van der Waals surface area (Å²) in [5.41, 5.74) is 2.16. The molecule has 0 amide bonds. The Hall–Kier alpha value is -2.96. The lowest BCUT2D eigenvalue weighted by molar-refractivity contribution is 0.0273. The molecular weight excluding hydrogens is 408 g/mol. The van der Waals surface area contributed by atoms with Gasteiger partial charge in [-0.25, -0.2) is 0 Å². The van der Waals surface area contributed by atoms with Crippen molar-refractivity contribution in [3.63, 3.8) is 0 Å². The van der Waals surface area contributed by atoms with Gasteiger partial charge in [-0.1, -0.05) is 24.3 Å². The van der Waals surface area contributed by atoms with Gasteiger partial charge in [0.1, 0.15) is 36.2 Å². The molecule has 0 heterocycles. The van der Waals surface area contributed by atoms with Crippen LogP contribution in [0.3, 0.4) is 0 Å². The zero-order valence-corrected chi connectivity index (χ0v) is 19.1. The third-order valence-electron chi connectivity index (χ3n) is 4.61. The fourth-order valence-corrected chi connectivity index (χ4v) is 3.04. The third kappa shape index (κ3) is 8.65. The Morgan fingerprint density at radius 3 is 1.41 bits per heavy atom. The van der Waals surface area contributed by atoms with E-state index in [-0.39, 0.29) is 0 Å². The highest BCUT2D eigenvalue weighted by Gasteiger charge is 2.05. The molecule has 0 bridgehead atoms. The Kier molecular flexibility index (Phi) is 11.8. The maximum atomic E-state index is 5.71. The van der Waals surface area contributed by atoms with Crippen molar-refractivity contribution in [2.45, 2.75) is 12.8 Å². The summed E-state index contributed by atoms with van der Waals surface area (Å²) >= 11 is 0.